The van der Waals surface area contributed by atoms with Gasteiger partial charge in [0.1, 0.15) is 18.3 Å². The van der Waals surface area contributed by atoms with Crippen molar-refractivity contribution in [3.63, 3.8) is 0 Å². The van der Waals surface area contributed by atoms with Gasteiger partial charge in [0, 0.05) is 5.69 Å². The van der Waals surface area contributed by atoms with E-state index in [-0.39, 0.29) is 11.6 Å². The molecule has 85 valence electrons. The number of anilines is 3. The monoisotopic (exact) mass is 231 g/mol. The van der Waals surface area contributed by atoms with Crippen molar-refractivity contribution in [3.8, 4) is 0 Å². The van der Waals surface area contributed by atoms with Crippen LogP contribution in [0.2, 0.25) is 0 Å². The third-order valence-electron chi connectivity index (χ3n) is 2.68. The largest absolute Gasteiger partial charge is 0.358 e. The first kappa shape index (κ1) is 10.1. The van der Waals surface area contributed by atoms with E-state index in [2.05, 4.69) is 5.32 Å². The highest BCUT2D eigenvalue weighted by atomic mass is 19.1. The molecule has 2 aromatic rings. The van der Waals surface area contributed by atoms with Crippen LogP contribution >= 0.6 is 0 Å². The van der Waals surface area contributed by atoms with Crippen LogP contribution in [0.1, 0.15) is 0 Å². The van der Waals surface area contributed by atoms with Gasteiger partial charge < -0.3 is 10.2 Å². The maximum absolute atomic E-state index is 13.5. The van der Waals surface area contributed by atoms with Gasteiger partial charge >= 0.3 is 0 Å². The lowest BCUT2D eigenvalue weighted by Crippen LogP contribution is -2.10. The van der Waals surface area contributed by atoms with E-state index in [1.807, 2.05) is 0 Å². The lowest BCUT2D eigenvalue weighted by Gasteiger charge is -2.17. The summed E-state index contributed by atoms with van der Waals surface area (Å²) in [5, 5.41) is 2.84. The van der Waals surface area contributed by atoms with Crippen molar-refractivity contribution in [2.24, 2.45) is 0 Å². The quantitative estimate of drug-likeness (QED) is 0.805. The first-order valence-electron chi connectivity index (χ1n) is 5.19. The molecule has 17 heavy (non-hydrogen) atoms. The molecule has 4 heteroatoms. The molecule has 0 atom stereocenters. The van der Waals surface area contributed by atoms with Crippen LogP contribution in [-0.4, -0.2) is 0 Å². The normalized spacial score (nSPS) is 13.4. The van der Waals surface area contributed by atoms with Gasteiger partial charge in [-0.15, -0.1) is 0 Å². The summed E-state index contributed by atoms with van der Waals surface area (Å²) in [5.41, 5.74) is 1.74. The minimum atomic E-state index is -0.322. The molecule has 0 fully saturated rings. The molecule has 2 nitrogen and oxygen atoms in total. The van der Waals surface area contributed by atoms with E-state index in [1.54, 1.807) is 35.8 Å². The number of nitrogens with one attached hydrogen (secondary N) is 1. The van der Waals surface area contributed by atoms with Gasteiger partial charge in [-0.25, -0.2) is 8.78 Å². The number of nitrogens with zero attached hydrogens (tertiary/aromatic N) is 1. The summed E-state index contributed by atoms with van der Waals surface area (Å²) < 4.78 is 26.6. The van der Waals surface area contributed by atoms with Crippen LogP contribution in [0.25, 0.3) is 0 Å². The molecule has 0 saturated carbocycles. The number of rotatable bonds is 1. The highest BCUT2D eigenvalue weighted by Crippen LogP contribution is 2.39. The highest BCUT2D eigenvalue weighted by molar-refractivity contribution is 5.83. The van der Waals surface area contributed by atoms with Crippen LogP contribution in [-0.2, 0) is 0 Å². The fourth-order valence-electron chi connectivity index (χ4n) is 1.89. The smallest absolute Gasteiger partial charge is 0.148 e. The third kappa shape index (κ3) is 1.62. The minimum absolute atomic E-state index is 0.319. The number of hydrogen-bond donors (Lipinski definition) is 1. The summed E-state index contributed by atoms with van der Waals surface area (Å²) in [6, 6.07) is 10.9. The average molecular weight is 231 g/mol. The molecule has 0 aromatic heterocycles. The molecule has 0 bridgehead atoms. The van der Waals surface area contributed by atoms with Crippen LogP contribution in [0.15, 0.2) is 42.5 Å². The van der Waals surface area contributed by atoms with Crippen molar-refractivity contribution in [3.05, 3.63) is 60.8 Å². The second-order valence-corrected chi connectivity index (χ2v) is 3.76. The van der Waals surface area contributed by atoms with Crippen molar-refractivity contribution < 1.29 is 8.78 Å². The summed E-state index contributed by atoms with van der Waals surface area (Å²) in [6.45, 7) is 1.61. The van der Waals surface area contributed by atoms with Crippen LogP contribution in [0.3, 0.4) is 0 Å². The first-order chi connectivity index (χ1) is 8.25. The maximum Gasteiger partial charge on any atom is 0.148 e. The zero-order valence-corrected chi connectivity index (χ0v) is 8.82. The van der Waals surface area contributed by atoms with Gasteiger partial charge in [0.15, 0.2) is 0 Å². The van der Waals surface area contributed by atoms with E-state index in [9.17, 15) is 8.78 Å². The molecule has 1 aliphatic heterocycles. The Morgan fingerprint density at radius 2 is 1.82 bits per heavy atom. The molecular formula is C13H9F2N2. The molecule has 0 spiro atoms. The van der Waals surface area contributed by atoms with Crippen molar-refractivity contribution in [1.29, 1.82) is 0 Å². The molecule has 3 rings (SSSR count). The van der Waals surface area contributed by atoms with Gasteiger partial charge in [-0.3, -0.25) is 0 Å². The van der Waals surface area contributed by atoms with Crippen molar-refractivity contribution in [2.75, 3.05) is 10.2 Å². The average Bonchev–Trinajstić information content (AvgIpc) is 2.74. The lowest BCUT2D eigenvalue weighted by atomic mass is 10.2. The Hall–Kier alpha value is -2.10. The van der Waals surface area contributed by atoms with Crippen LogP contribution in [0.5, 0.6) is 0 Å². The molecule has 0 saturated heterocycles. The predicted molar refractivity (Wildman–Crippen MR) is 62.9 cm³/mol. The summed E-state index contributed by atoms with van der Waals surface area (Å²) >= 11 is 0. The van der Waals surface area contributed by atoms with Crippen molar-refractivity contribution in [1.82, 2.24) is 0 Å². The zero-order valence-electron chi connectivity index (χ0n) is 8.82. The third-order valence-corrected chi connectivity index (χ3v) is 2.68. The van der Waals surface area contributed by atoms with Gasteiger partial charge in [-0.1, -0.05) is 12.1 Å². The molecule has 1 aliphatic rings. The molecule has 0 aliphatic carbocycles. The number of benzene rings is 2. The number of hydrogen-bond acceptors (Lipinski definition) is 2. The van der Waals surface area contributed by atoms with E-state index in [4.69, 9.17) is 0 Å². The summed E-state index contributed by atoms with van der Waals surface area (Å²) in [4.78, 5) is 1.71. The van der Waals surface area contributed by atoms with Gasteiger partial charge in [0.05, 0.1) is 11.4 Å². The fraction of sp³-hybridized carbons (Fsp3) is 0. The van der Waals surface area contributed by atoms with Crippen LogP contribution in [0, 0.1) is 18.3 Å². The molecule has 1 heterocycles. The van der Waals surface area contributed by atoms with E-state index in [0.29, 0.717) is 17.1 Å². The molecule has 0 unspecified atom stereocenters. The van der Waals surface area contributed by atoms with E-state index < -0.39 is 0 Å². The summed E-state index contributed by atoms with van der Waals surface area (Å²) in [6.07, 6.45) is 0. The predicted octanol–water partition coefficient (Wildman–Crippen LogP) is 3.65. The minimum Gasteiger partial charge on any atom is -0.358 e. The Kier molecular flexibility index (Phi) is 2.21. The number of para-hydroxylation sites is 1. The molecule has 1 N–H and O–H groups in total. The number of fused-ring (bicyclic) bond motifs is 1. The second-order valence-electron chi connectivity index (χ2n) is 3.76. The Morgan fingerprint density at radius 1 is 1.00 bits per heavy atom. The standard InChI is InChI=1S/C13H9F2N2/c14-9-3-1-4-10(7-9)17-8-16-13-11(15)5-2-6-12(13)17/h1-8,16H. The van der Waals surface area contributed by atoms with E-state index >= 15 is 0 Å². The van der Waals surface area contributed by atoms with Gasteiger partial charge in [-0.05, 0) is 30.3 Å². The zero-order chi connectivity index (χ0) is 11.8. The maximum atomic E-state index is 13.5. The Labute approximate surface area is 97.5 Å². The molecule has 0 amide bonds. The van der Waals surface area contributed by atoms with Gasteiger partial charge in [-0.2, -0.15) is 0 Å². The van der Waals surface area contributed by atoms with Crippen molar-refractivity contribution in [2.45, 2.75) is 0 Å². The van der Waals surface area contributed by atoms with Crippen molar-refractivity contribution >= 4 is 17.1 Å². The second kappa shape index (κ2) is 3.73. The summed E-state index contributed by atoms with van der Waals surface area (Å²) in [5.74, 6) is -0.640. The summed E-state index contributed by atoms with van der Waals surface area (Å²) in [7, 11) is 0. The Balaban J connectivity index is 2.07. The number of halogens is 2. The topological polar surface area (TPSA) is 15.3 Å². The molecule has 1 radical (unpaired) electrons. The van der Waals surface area contributed by atoms with E-state index in [0.717, 1.165) is 0 Å². The van der Waals surface area contributed by atoms with Gasteiger partial charge in [0.2, 0.25) is 0 Å². The SMILES string of the molecule is Fc1cccc(N2[CH]Nc3c(F)cccc32)c1. The first-order valence-corrected chi connectivity index (χ1v) is 5.19. The Bertz CT molecular complexity index is 569. The van der Waals surface area contributed by atoms with Crippen LogP contribution < -0.4 is 10.2 Å². The molecular weight excluding hydrogens is 222 g/mol. The van der Waals surface area contributed by atoms with Gasteiger partial charge in [0.25, 0.3) is 0 Å². The lowest BCUT2D eigenvalue weighted by molar-refractivity contribution is 0.628. The van der Waals surface area contributed by atoms with E-state index in [1.165, 1.54) is 18.2 Å². The highest BCUT2D eigenvalue weighted by Gasteiger charge is 2.23. The van der Waals surface area contributed by atoms with Crippen LogP contribution in [0.4, 0.5) is 25.8 Å². The molecule has 2 aromatic carbocycles. The fourth-order valence-corrected chi connectivity index (χ4v) is 1.89. The Morgan fingerprint density at radius 3 is 2.65 bits per heavy atom.